The second-order valence-electron chi connectivity index (χ2n) is 7.02. The highest BCUT2D eigenvalue weighted by Crippen LogP contribution is 2.24. The number of carbonyl (C=O) groups excluding carboxylic acids is 1. The maximum absolute atomic E-state index is 13.0. The summed E-state index contributed by atoms with van der Waals surface area (Å²) in [7, 11) is 0. The highest BCUT2D eigenvalue weighted by molar-refractivity contribution is 6.00. The first-order valence-electron chi connectivity index (χ1n) is 8.64. The van der Waals surface area contributed by atoms with Crippen LogP contribution in [0.4, 0.5) is 4.39 Å². The Balaban J connectivity index is 1.90. The van der Waals surface area contributed by atoms with Gasteiger partial charge in [0.1, 0.15) is 11.6 Å². The van der Waals surface area contributed by atoms with Crippen LogP contribution < -0.4 is 10.2 Å². The van der Waals surface area contributed by atoms with Crippen LogP contribution in [0.25, 0.3) is 0 Å². The van der Waals surface area contributed by atoms with E-state index in [1.54, 1.807) is 12.1 Å². The summed E-state index contributed by atoms with van der Waals surface area (Å²) in [5.41, 5.74) is 5.20. The van der Waals surface area contributed by atoms with Gasteiger partial charge in [-0.3, -0.25) is 4.79 Å². The van der Waals surface area contributed by atoms with Crippen LogP contribution in [0.3, 0.4) is 0 Å². The maximum Gasteiger partial charge on any atom is 0.277 e. The lowest BCUT2D eigenvalue weighted by Gasteiger charge is -2.19. The average molecular weight is 356 g/mol. The van der Waals surface area contributed by atoms with Gasteiger partial charge in [0.25, 0.3) is 5.91 Å². The Hall–Kier alpha value is -2.69. The normalized spacial score (nSPS) is 12.0. The van der Waals surface area contributed by atoms with Crippen LogP contribution in [0.5, 0.6) is 5.75 Å². The third-order valence-corrected chi connectivity index (χ3v) is 3.92. The van der Waals surface area contributed by atoms with Crippen LogP contribution >= 0.6 is 0 Å². The number of hydrazone groups is 1. The van der Waals surface area contributed by atoms with E-state index in [-0.39, 0.29) is 23.7 Å². The number of carbonyl (C=O) groups is 1. The summed E-state index contributed by atoms with van der Waals surface area (Å²) >= 11 is 0. The number of hydrogen-bond donors (Lipinski definition) is 1. The summed E-state index contributed by atoms with van der Waals surface area (Å²) in [5, 5.41) is 4.12. The molecule has 2 aromatic rings. The second kappa shape index (κ2) is 8.61. The standard InChI is InChI=1S/C21H25FN2O2/c1-5-19(15-6-10-17(22)11-7-15)23-24-20(25)14-26-18-12-8-16(9-13-18)21(2,3)4/h6-13H,5,14H2,1-4H3,(H,24,25)/b23-19-. The molecule has 138 valence electrons. The summed E-state index contributed by atoms with van der Waals surface area (Å²) in [6, 6.07) is 13.7. The zero-order valence-electron chi connectivity index (χ0n) is 15.7. The first kappa shape index (κ1) is 19.6. The molecule has 0 saturated heterocycles. The number of nitrogens with zero attached hydrogens (tertiary/aromatic N) is 1. The smallest absolute Gasteiger partial charge is 0.277 e. The van der Waals surface area contributed by atoms with Crippen LogP contribution in [0.2, 0.25) is 0 Å². The number of ether oxygens (including phenoxy) is 1. The van der Waals surface area contributed by atoms with Gasteiger partial charge in [0.05, 0.1) is 5.71 Å². The summed E-state index contributed by atoms with van der Waals surface area (Å²) in [6.07, 6.45) is 0.612. The Morgan fingerprint density at radius 2 is 1.69 bits per heavy atom. The van der Waals surface area contributed by atoms with Crippen LogP contribution in [0, 0.1) is 5.82 Å². The third-order valence-electron chi connectivity index (χ3n) is 3.92. The molecule has 0 radical (unpaired) electrons. The molecule has 0 atom stereocenters. The molecule has 0 fully saturated rings. The lowest BCUT2D eigenvalue weighted by atomic mass is 9.87. The maximum atomic E-state index is 13.0. The van der Waals surface area contributed by atoms with Crippen LogP contribution in [0.1, 0.15) is 45.2 Å². The quantitative estimate of drug-likeness (QED) is 0.615. The molecule has 1 N–H and O–H groups in total. The van der Waals surface area contributed by atoms with Gasteiger partial charge in [0.15, 0.2) is 6.61 Å². The highest BCUT2D eigenvalue weighted by Gasteiger charge is 2.13. The van der Waals surface area contributed by atoms with Gasteiger partial charge in [-0.25, -0.2) is 9.82 Å². The predicted octanol–water partition coefficient (Wildman–Crippen LogP) is 4.43. The van der Waals surface area contributed by atoms with Crippen molar-refractivity contribution in [3.63, 3.8) is 0 Å². The molecular weight excluding hydrogens is 331 g/mol. The number of hydrogen-bond acceptors (Lipinski definition) is 3. The van der Waals surface area contributed by atoms with Crippen molar-refractivity contribution in [2.24, 2.45) is 5.10 Å². The topological polar surface area (TPSA) is 50.7 Å². The van der Waals surface area contributed by atoms with Crippen molar-refractivity contribution in [1.82, 2.24) is 5.43 Å². The number of amides is 1. The Kier molecular flexibility index (Phi) is 6.50. The number of benzene rings is 2. The molecule has 4 nitrogen and oxygen atoms in total. The van der Waals surface area contributed by atoms with E-state index in [1.807, 2.05) is 31.2 Å². The van der Waals surface area contributed by atoms with Gasteiger partial charge in [-0.05, 0) is 47.2 Å². The number of rotatable bonds is 6. The molecule has 0 spiro atoms. The molecule has 2 aromatic carbocycles. The summed E-state index contributed by atoms with van der Waals surface area (Å²) in [5.74, 6) is -0.0246. The van der Waals surface area contributed by atoms with Gasteiger partial charge >= 0.3 is 0 Å². The zero-order valence-corrected chi connectivity index (χ0v) is 15.7. The summed E-state index contributed by atoms with van der Waals surface area (Å²) in [6.45, 7) is 8.21. The molecule has 26 heavy (non-hydrogen) atoms. The lowest BCUT2D eigenvalue weighted by Crippen LogP contribution is -2.26. The van der Waals surface area contributed by atoms with Crippen molar-refractivity contribution in [3.05, 3.63) is 65.5 Å². The minimum atomic E-state index is -0.349. The fraction of sp³-hybridized carbons (Fsp3) is 0.333. The van der Waals surface area contributed by atoms with E-state index in [0.717, 1.165) is 5.56 Å². The van der Waals surface area contributed by atoms with E-state index >= 15 is 0 Å². The van der Waals surface area contributed by atoms with E-state index < -0.39 is 0 Å². The Morgan fingerprint density at radius 1 is 1.08 bits per heavy atom. The van der Waals surface area contributed by atoms with Gasteiger partial charge in [-0.1, -0.05) is 52.0 Å². The summed E-state index contributed by atoms with van der Waals surface area (Å²) < 4.78 is 18.5. The largest absolute Gasteiger partial charge is 0.484 e. The Morgan fingerprint density at radius 3 is 2.23 bits per heavy atom. The van der Waals surface area contributed by atoms with Crippen molar-refractivity contribution in [3.8, 4) is 5.75 Å². The molecule has 0 unspecified atom stereocenters. The van der Waals surface area contributed by atoms with E-state index in [1.165, 1.54) is 17.7 Å². The minimum absolute atomic E-state index is 0.0710. The predicted molar refractivity (Wildman–Crippen MR) is 102 cm³/mol. The SMILES string of the molecule is CC/C(=N/NC(=O)COc1ccc(C(C)(C)C)cc1)c1ccc(F)cc1. The molecule has 1 amide bonds. The first-order valence-corrected chi connectivity index (χ1v) is 8.64. The molecule has 0 saturated carbocycles. The Bertz CT molecular complexity index is 760. The monoisotopic (exact) mass is 356 g/mol. The molecule has 0 aliphatic heterocycles. The van der Waals surface area contributed by atoms with Crippen LogP contribution in [0.15, 0.2) is 53.6 Å². The third kappa shape index (κ3) is 5.69. The fourth-order valence-electron chi connectivity index (χ4n) is 2.35. The van der Waals surface area contributed by atoms with Crippen LogP contribution in [-0.4, -0.2) is 18.2 Å². The average Bonchev–Trinajstić information content (AvgIpc) is 2.61. The van der Waals surface area contributed by atoms with Crippen molar-refractivity contribution >= 4 is 11.6 Å². The van der Waals surface area contributed by atoms with E-state index in [0.29, 0.717) is 17.9 Å². The van der Waals surface area contributed by atoms with Crippen molar-refractivity contribution in [2.45, 2.75) is 39.5 Å². The van der Waals surface area contributed by atoms with Crippen molar-refractivity contribution < 1.29 is 13.9 Å². The van der Waals surface area contributed by atoms with E-state index in [4.69, 9.17) is 4.74 Å². The molecule has 0 aliphatic rings. The number of nitrogens with one attached hydrogen (secondary N) is 1. The second-order valence-corrected chi connectivity index (χ2v) is 7.02. The zero-order chi connectivity index (χ0) is 19.2. The minimum Gasteiger partial charge on any atom is -0.484 e. The van der Waals surface area contributed by atoms with Gasteiger partial charge < -0.3 is 4.74 Å². The van der Waals surface area contributed by atoms with E-state index in [9.17, 15) is 9.18 Å². The van der Waals surface area contributed by atoms with E-state index in [2.05, 4.69) is 31.3 Å². The molecule has 0 heterocycles. The van der Waals surface area contributed by atoms with Crippen molar-refractivity contribution in [2.75, 3.05) is 6.61 Å². The molecule has 0 bridgehead atoms. The molecule has 5 heteroatoms. The summed E-state index contributed by atoms with van der Waals surface area (Å²) in [4.78, 5) is 11.9. The molecular formula is C21H25FN2O2. The molecule has 0 aliphatic carbocycles. The van der Waals surface area contributed by atoms with Gasteiger partial charge in [-0.15, -0.1) is 0 Å². The highest BCUT2D eigenvalue weighted by atomic mass is 19.1. The lowest BCUT2D eigenvalue weighted by molar-refractivity contribution is -0.123. The van der Waals surface area contributed by atoms with Gasteiger partial charge in [0, 0.05) is 0 Å². The molecule has 0 aromatic heterocycles. The Labute approximate surface area is 154 Å². The van der Waals surface area contributed by atoms with Gasteiger partial charge in [-0.2, -0.15) is 5.10 Å². The van der Waals surface area contributed by atoms with Crippen molar-refractivity contribution in [1.29, 1.82) is 0 Å². The fourth-order valence-corrected chi connectivity index (χ4v) is 2.35. The van der Waals surface area contributed by atoms with Gasteiger partial charge in [0.2, 0.25) is 0 Å². The first-order chi connectivity index (χ1) is 12.3. The number of halogens is 1. The molecule has 2 rings (SSSR count). The van der Waals surface area contributed by atoms with Crippen LogP contribution in [-0.2, 0) is 10.2 Å².